The maximum atomic E-state index is 5.21. The molecule has 0 atom stereocenters. The zero-order chi connectivity index (χ0) is 12.2. The van der Waals surface area contributed by atoms with Gasteiger partial charge in [0.05, 0.1) is 0 Å². The molecule has 1 heterocycles. The zero-order valence-electron chi connectivity index (χ0n) is 10.7. The lowest BCUT2D eigenvalue weighted by molar-refractivity contribution is 0.367. The van der Waals surface area contributed by atoms with Crippen LogP contribution in [0.25, 0.3) is 5.57 Å². The molecule has 3 heteroatoms. The van der Waals surface area contributed by atoms with Crippen molar-refractivity contribution in [2.45, 2.75) is 41.0 Å². The summed E-state index contributed by atoms with van der Waals surface area (Å²) >= 11 is 0. The van der Waals surface area contributed by atoms with Gasteiger partial charge in [0.15, 0.2) is 5.82 Å². The Bertz CT molecular complexity index is 394. The highest BCUT2D eigenvalue weighted by Gasteiger charge is 2.16. The van der Waals surface area contributed by atoms with Gasteiger partial charge in [0.1, 0.15) is 0 Å². The van der Waals surface area contributed by atoms with Crippen LogP contribution in [-0.2, 0) is 6.42 Å². The Morgan fingerprint density at radius 3 is 2.62 bits per heavy atom. The lowest BCUT2D eigenvalue weighted by atomic mass is 9.92. The summed E-state index contributed by atoms with van der Waals surface area (Å²) in [5.74, 6) is 1.38. The molecular formula is C13H20N2O. The molecule has 1 aromatic heterocycles. The van der Waals surface area contributed by atoms with Crippen molar-refractivity contribution in [2.24, 2.45) is 5.41 Å². The van der Waals surface area contributed by atoms with Gasteiger partial charge >= 0.3 is 0 Å². The second-order valence-corrected chi connectivity index (χ2v) is 5.13. The fourth-order valence-electron chi connectivity index (χ4n) is 1.27. The Kier molecular flexibility index (Phi) is 4.05. The van der Waals surface area contributed by atoms with Gasteiger partial charge in [-0.15, -0.1) is 0 Å². The summed E-state index contributed by atoms with van der Waals surface area (Å²) < 4.78 is 5.21. The Hall–Kier alpha value is -1.38. The molecule has 1 aromatic rings. The fourth-order valence-corrected chi connectivity index (χ4v) is 1.27. The van der Waals surface area contributed by atoms with Crippen molar-refractivity contribution in [1.82, 2.24) is 10.1 Å². The molecule has 0 saturated carbocycles. The molecule has 0 bridgehead atoms. The van der Waals surface area contributed by atoms with Crippen molar-refractivity contribution >= 4 is 5.57 Å². The summed E-state index contributed by atoms with van der Waals surface area (Å²) in [5.41, 5.74) is 1.17. The number of allylic oxidation sites excluding steroid dienone is 4. The molecule has 0 aliphatic rings. The van der Waals surface area contributed by atoms with E-state index in [1.54, 1.807) is 0 Å². The summed E-state index contributed by atoms with van der Waals surface area (Å²) in [7, 11) is 0. The summed E-state index contributed by atoms with van der Waals surface area (Å²) in [4.78, 5) is 4.37. The average Bonchev–Trinajstić information content (AvgIpc) is 2.59. The summed E-state index contributed by atoms with van der Waals surface area (Å²) in [6, 6.07) is 0. The molecule has 0 aliphatic carbocycles. The first-order chi connectivity index (χ1) is 7.42. The predicted octanol–water partition coefficient (Wildman–Crippen LogP) is 3.64. The van der Waals surface area contributed by atoms with Crippen molar-refractivity contribution in [3.8, 4) is 0 Å². The monoisotopic (exact) mass is 220 g/mol. The van der Waals surface area contributed by atoms with E-state index >= 15 is 0 Å². The minimum absolute atomic E-state index is 0.183. The fraction of sp³-hybridized carbons (Fsp3) is 0.538. The standard InChI is InChI=1S/C13H20N2O/c1-6-7-8-10(2)12-14-11(15-16-12)9-13(3,4)5/h6-8H,9H2,1-5H3. The van der Waals surface area contributed by atoms with E-state index in [-0.39, 0.29) is 5.41 Å². The molecule has 0 spiro atoms. The van der Waals surface area contributed by atoms with E-state index in [0.717, 1.165) is 17.8 Å². The highest BCUT2D eigenvalue weighted by atomic mass is 16.5. The number of aromatic nitrogens is 2. The van der Waals surface area contributed by atoms with Gasteiger partial charge in [-0.2, -0.15) is 4.98 Å². The molecule has 3 nitrogen and oxygen atoms in total. The van der Waals surface area contributed by atoms with E-state index in [1.807, 2.05) is 32.1 Å². The van der Waals surface area contributed by atoms with Crippen LogP contribution in [0.5, 0.6) is 0 Å². The van der Waals surface area contributed by atoms with Crippen molar-refractivity contribution in [3.63, 3.8) is 0 Å². The summed E-state index contributed by atoms with van der Waals surface area (Å²) in [6.45, 7) is 10.4. The van der Waals surface area contributed by atoms with E-state index in [4.69, 9.17) is 4.52 Å². The number of rotatable bonds is 3. The van der Waals surface area contributed by atoms with Gasteiger partial charge in [-0.05, 0) is 19.3 Å². The molecular weight excluding hydrogens is 200 g/mol. The van der Waals surface area contributed by atoms with Crippen LogP contribution >= 0.6 is 0 Å². The van der Waals surface area contributed by atoms with Gasteiger partial charge < -0.3 is 4.52 Å². The Labute approximate surface area is 97.3 Å². The topological polar surface area (TPSA) is 38.9 Å². The zero-order valence-corrected chi connectivity index (χ0v) is 10.7. The molecule has 1 rings (SSSR count). The van der Waals surface area contributed by atoms with Crippen LogP contribution in [0.2, 0.25) is 0 Å². The van der Waals surface area contributed by atoms with Crippen LogP contribution in [0.4, 0.5) is 0 Å². The van der Waals surface area contributed by atoms with E-state index in [1.165, 1.54) is 0 Å². The average molecular weight is 220 g/mol. The molecule has 0 saturated heterocycles. The molecule has 0 N–H and O–H groups in total. The van der Waals surface area contributed by atoms with Crippen molar-refractivity contribution in [1.29, 1.82) is 0 Å². The molecule has 0 aromatic carbocycles. The first-order valence-corrected chi connectivity index (χ1v) is 5.55. The quantitative estimate of drug-likeness (QED) is 0.730. The predicted molar refractivity (Wildman–Crippen MR) is 65.9 cm³/mol. The van der Waals surface area contributed by atoms with Crippen LogP contribution in [0, 0.1) is 5.41 Å². The third-order valence-electron chi connectivity index (χ3n) is 2.03. The third-order valence-corrected chi connectivity index (χ3v) is 2.03. The maximum absolute atomic E-state index is 5.21. The first kappa shape index (κ1) is 12.7. The molecule has 0 aliphatic heterocycles. The SMILES string of the molecule is CC=CC=C(C)c1nc(CC(C)(C)C)no1. The van der Waals surface area contributed by atoms with Gasteiger partial charge in [0.25, 0.3) is 5.89 Å². The molecule has 0 amide bonds. The molecule has 0 radical (unpaired) electrons. The second kappa shape index (κ2) is 5.10. The second-order valence-electron chi connectivity index (χ2n) is 5.13. The van der Waals surface area contributed by atoms with E-state index in [9.17, 15) is 0 Å². The molecule has 0 unspecified atom stereocenters. The summed E-state index contributed by atoms with van der Waals surface area (Å²) in [5, 5.41) is 3.98. The first-order valence-electron chi connectivity index (χ1n) is 5.55. The highest BCUT2D eigenvalue weighted by molar-refractivity contribution is 5.57. The van der Waals surface area contributed by atoms with Crippen LogP contribution in [0.1, 0.15) is 46.3 Å². The molecule has 88 valence electrons. The van der Waals surface area contributed by atoms with E-state index in [2.05, 4.69) is 30.9 Å². The van der Waals surface area contributed by atoms with E-state index < -0.39 is 0 Å². The number of hydrogen-bond donors (Lipinski definition) is 0. The van der Waals surface area contributed by atoms with Crippen LogP contribution < -0.4 is 0 Å². The van der Waals surface area contributed by atoms with Gasteiger partial charge in [-0.25, -0.2) is 0 Å². The Morgan fingerprint density at radius 1 is 1.38 bits per heavy atom. The Morgan fingerprint density at radius 2 is 2.06 bits per heavy atom. The summed E-state index contributed by atoms with van der Waals surface area (Å²) in [6.07, 6.45) is 6.72. The van der Waals surface area contributed by atoms with Crippen LogP contribution in [-0.4, -0.2) is 10.1 Å². The number of nitrogens with zero attached hydrogens (tertiary/aromatic N) is 2. The van der Waals surface area contributed by atoms with Gasteiger partial charge in [0, 0.05) is 12.0 Å². The largest absolute Gasteiger partial charge is 0.334 e. The lowest BCUT2D eigenvalue weighted by Gasteiger charge is -2.14. The van der Waals surface area contributed by atoms with Gasteiger partial charge in [-0.3, -0.25) is 0 Å². The van der Waals surface area contributed by atoms with Crippen molar-refractivity contribution in [2.75, 3.05) is 0 Å². The van der Waals surface area contributed by atoms with Crippen LogP contribution in [0.15, 0.2) is 22.8 Å². The number of hydrogen-bond acceptors (Lipinski definition) is 3. The van der Waals surface area contributed by atoms with Gasteiger partial charge in [-0.1, -0.05) is 44.2 Å². The lowest BCUT2D eigenvalue weighted by Crippen LogP contribution is -2.10. The normalized spacial score (nSPS) is 13.7. The minimum atomic E-state index is 0.183. The van der Waals surface area contributed by atoms with Gasteiger partial charge in [0.2, 0.25) is 0 Å². The van der Waals surface area contributed by atoms with Crippen molar-refractivity contribution < 1.29 is 4.52 Å². The maximum Gasteiger partial charge on any atom is 0.253 e. The third kappa shape index (κ3) is 4.01. The minimum Gasteiger partial charge on any atom is -0.334 e. The van der Waals surface area contributed by atoms with Crippen LogP contribution in [0.3, 0.4) is 0 Å². The Balaban J connectivity index is 2.79. The molecule has 0 fully saturated rings. The smallest absolute Gasteiger partial charge is 0.253 e. The van der Waals surface area contributed by atoms with Crippen molar-refractivity contribution in [3.05, 3.63) is 29.9 Å². The van der Waals surface area contributed by atoms with E-state index in [0.29, 0.717) is 5.89 Å². The highest BCUT2D eigenvalue weighted by Crippen LogP contribution is 2.20. The molecule has 16 heavy (non-hydrogen) atoms.